The summed E-state index contributed by atoms with van der Waals surface area (Å²) >= 11 is 0. The lowest BCUT2D eigenvalue weighted by atomic mass is 9.93. The van der Waals surface area contributed by atoms with E-state index in [1.807, 2.05) is 0 Å². The van der Waals surface area contributed by atoms with Gasteiger partial charge in [-0.25, -0.2) is 4.39 Å². The van der Waals surface area contributed by atoms with Crippen LogP contribution in [-0.2, 0) is 10.3 Å². The zero-order chi connectivity index (χ0) is 9.84. The van der Waals surface area contributed by atoms with Gasteiger partial charge in [-0.1, -0.05) is 12.2 Å². The average Bonchev–Trinajstić information content (AvgIpc) is 2.16. The van der Waals surface area contributed by atoms with Gasteiger partial charge in [-0.15, -0.1) is 0 Å². The number of hydrogen-bond acceptors (Lipinski definition) is 2. The fraction of sp³-hybridized carbons (Fsp3) is 0.375. The van der Waals surface area contributed by atoms with Crippen molar-refractivity contribution in [3.8, 4) is 0 Å². The van der Waals surface area contributed by atoms with Gasteiger partial charge in [0.1, 0.15) is 13.3 Å². The third-order valence-electron chi connectivity index (χ3n) is 1.86. The molecular formula is C8H8F2O2S. The minimum Gasteiger partial charge on any atom is -0.250 e. The van der Waals surface area contributed by atoms with Gasteiger partial charge >= 0.3 is 0 Å². The molecule has 1 rings (SSSR count). The Balaban J connectivity index is 3.15. The molecule has 13 heavy (non-hydrogen) atoms. The molecule has 1 aliphatic rings. The summed E-state index contributed by atoms with van der Waals surface area (Å²) in [6.45, 7) is -1.71. The molecule has 0 aliphatic heterocycles. The molecule has 0 fully saturated rings. The van der Waals surface area contributed by atoms with Crippen LogP contribution in [0.4, 0.5) is 8.78 Å². The van der Waals surface area contributed by atoms with Crippen LogP contribution in [0.25, 0.3) is 0 Å². The molecule has 0 saturated heterocycles. The highest BCUT2D eigenvalue weighted by Gasteiger charge is 2.22. The molecule has 72 valence electrons. The van der Waals surface area contributed by atoms with Crippen molar-refractivity contribution in [1.29, 1.82) is 0 Å². The van der Waals surface area contributed by atoms with Crippen LogP contribution in [0.1, 0.15) is 0 Å². The number of halogens is 2. The molecule has 0 heterocycles. The van der Waals surface area contributed by atoms with Gasteiger partial charge in [-0.2, -0.15) is 8.42 Å². The van der Waals surface area contributed by atoms with E-state index >= 15 is 0 Å². The molecule has 0 saturated carbocycles. The van der Waals surface area contributed by atoms with Gasteiger partial charge in [0.05, 0.1) is 10.8 Å². The van der Waals surface area contributed by atoms with Gasteiger partial charge in [0.25, 0.3) is 0 Å². The molecule has 2 nitrogen and oxygen atoms in total. The van der Waals surface area contributed by atoms with Crippen LogP contribution in [0.15, 0.2) is 23.8 Å². The minimum absolute atomic E-state index is 0.0855. The molecule has 5 heteroatoms. The first-order chi connectivity index (χ1) is 6.20. The number of allylic oxidation sites excluding steroid dienone is 4. The monoisotopic (exact) mass is 206 g/mol. The summed E-state index contributed by atoms with van der Waals surface area (Å²) in [5.41, 5.74) is 0.171. The zero-order valence-electron chi connectivity index (χ0n) is 6.70. The molecule has 0 bridgehead atoms. The van der Waals surface area contributed by atoms with E-state index in [-0.39, 0.29) is 10.4 Å². The summed E-state index contributed by atoms with van der Waals surface area (Å²) in [6.07, 6.45) is 4.10. The number of hydrogen-bond donors (Lipinski definition) is 0. The fourth-order valence-corrected chi connectivity index (χ4v) is 1.80. The lowest BCUT2D eigenvalue weighted by Gasteiger charge is -2.15. The predicted molar refractivity (Wildman–Crippen MR) is 46.6 cm³/mol. The number of rotatable bonds is 2. The van der Waals surface area contributed by atoms with Crippen molar-refractivity contribution < 1.29 is 17.2 Å². The largest absolute Gasteiger partial charge is 0.250 e. The van der Waals surface area contributed by atoms with Crippen LogP contribution in [0.5, 0.6) is 0 Å². The normalized spacial score (nSPS) is 21.5. The topological polar surface area (TPSA) is 34.1 Å². The van der Waals surface area contributed by atoms with E-state index in [0.29, 0.717) is 0 Å². The summed E-state index contributed by atoms with van der Waals surface area (Å²) in [7, 11) is -2.47. The molecular weight excluding hydrogens is 198 g/mol. The van der Waals surface area contributed by atoms with E-state index in [9.17, 15) is 17.2 Å². The maximum atomic E-state index is 12.4. The molecule has 0 aromatic heterocycles. The highest BCUT2D eigenvalue weighted by atomic mass is 32.2. The van der Waals surface area contributed by atoms with Crippen LogP contribution in [-0.4, -0.2) is 26.6 Å². The molecule has 0 spiro atoms. The molecule has 0 aromatic carbocycles. The summed E-state index contributed by atoms with van der Waals surface area (Å²) in [5.74, 6) is -0.937. The molecule has 0 aromatic rings. The third kappa shape index (κ3) is 2.03. The van der Waals surface area contributed by atoms with Crippen molar-refractivity contribution >= 4 is 15.2 Å². The zero-order valence-corrected chi connectivity index (χ0v) is 7.52. The Morgan fingerprint density at radius 3 is 2.54 bits per heavy atom. The molecule has 0 radical (unpaired) electrons. The van der Waals surface area contributed by atoms with Crippen LogP contribution >= 0.6 is 0 Å². The van der Waals surface area contributed by atoms with Crippen molar-refractivity contribution in [2.24, 2.45) is 5.92 Å². The third-order valence-corrected chi connectivity index (χ3v) is 2.67. The van der Waals surface area contributed by atoms with Crippen molar-refractivity contribution in [1.82, 2.24) is 0 Å². The molecule has 0 amide bonds. The van der Waals surface area contributed by atoms with Crippen molar-refractivity contribution in [2.45, 2.75) is 0 Å². The maximum Gasteiger partial charge on any atom is 0.218 e. The molecule has 0 N–H and O–H groups in total. The Morgan fingerprint density at radius 2 is 2.08 bits per heavy atom. The standard InChI is InChI=1S/C8H8F2O2S/c9-4-6-2-1-3-8(13(11)12)7(6)5-10/h1-3,7H,4-5H2. The highest BCUT2D eigenvalue weighted by Crippen LogP contribution is 2.19. The summed E-state index contributed by atoms with van der Waals surface area (Å²) in [6, 6.07) is 0. The number of alkyl halides is 2. The van der Waals surface area contributed by atoms with Gasteiger partial charge in [0.2, 0.25) is 10.3 Å². The molecule has 1 aliphatic carbocycles. The van der Waals surface area contributed by atoms with E-state index < -0.39 is 29.6 Å². The molecule has 1 atom stereocenters. The Bertz CT molecular complexity index is 371. The summed E-state index contributed by atoms with van der Waals surface area (Å²) in [4.78, 5) is -0.0855. The average molecular weight is 206 g/mol. The van der Waals surface area contributed by atoms with Crippen LogP contribution in [0.3, 0.4) is 0 Å². The van der Waals surface area contributed by atoms with Gasteiger partial charge < -0.3 is 0 Å². The quantitative estimate of drug-likeness (QED) is 0.634. The van der Waals surface area contributed by atoms with E-state index in [0.717, 1.165) is 0 Å². The van der Waals surface area contributed by atoms with E-state index in [1.165, 1.54) is 18.2 Å². The Labute approximate surface area is 76.1 Å². The Kier molecular flexibility index (Phi) is 3.36. The van der Waals surface area contributed by atoms with E-state index in [1.54, 1.807) is 0 Å². The van der Waals surface area contributed by atoms with Crippen LogP contribution in [0.2, 0.25) is 0 Å². The smallest absolute Gasteiger partial charge is 0.218 e. The van der Waals surface area contributed by atoms with E-state index in [4.69, 9.17) is 0 Å². The van der Waals surface area contributed by atoms with Crippen LogP contribution < -0.4 is 0 Å². The first-order valence-corrected chi connectivity index (χ1v) is 4.73. The van der Waals surface area contributed by atoms with Gasteiger partial charge in [-0.05, 0) is 11.6 Å². The van der Waals surface area contributed by atoms with Gasteiger partial charge in [-0.3, -0.25) is 4.39 Å². The Morgan fingerprint density at radius 1 is 1.38 bits per heavy atom. The van der Waals surface area contributed by atoms with Crippen molar-refractivity contribution in [3.05, 3.63) is 23.8 Å². The second-order valence-electron chi connectivity index (χ2n) is 2.58. The fourth-order valence-electron chi connectivity index (χ4n) is 1.17. The lowest BCUT2D eigenvalue weighted by molar-refractivity contribution is 0.430. The predicted octanol–water partition coefficient (Wildman–Crippen LogP) is 1.09. The van der Waals surface area contributed by atoms with Gasteiger partial charge in [0.15, 0.2) is 0 Å². The van der Waals surface area contributed by atoms with Crippen LogP contribution in [0, 0.1) is 5.92 Å². The SMILES string of the molecule is O=S(=O)=C1C=CC=C(CF)C1CF. The second kappa shape index (κ2) is 4.32. The molecule has 1 unspecified atom stereocenters. The maximum absolute atomic E-state index is 12.4. The Hall–Kier alpha value is -0.970. The lowest BCUT2D eigenvalue weighted by Crippen LogP contribution is -2.21. The summed E-state index contributed by atoms with van der Waals surface area (Å²) < 4.78 is 45.8. The highest BCUT2D eigenvalue weighted by molar-refractivity contribution is 7.73. The first-order valence-electron chi connectivity index (χ1n) is 3.66. The van der Waals surface area contributed by atoms with Crippen molar-refractivity contribution in [2.75, 3.05) is 13.3 Å². The summed E-state index contributed by atoms with van der Waals surface area (Å²) in [5, 5.41) is 0. The van der Waals surface area contributed by atoms with Gasteiger partial charge in [0, 0.05) is 0 Å². The second-order valence-corrected chi connectivity index (χ2v) is 3.52. The first kappa shape index (κ1) is 10.1. The van der Waals surface area contributed by atoms with Crippen molar-refractivity contribution in [3.63, 3.8) is 0 Å². The van der Waals surface area contributed by atoms with E-state index in [2.05, 4.69) is 0 Å². The minimum atomic E-state index is -2.47.